The summed E-state index contributed by atoms with van der Waals surface area (Å²) in [6.45, 7) is 2.18. The van der Waals surface area contributed by atoms with Crippen molar-refractivity contribution in [1.82, 2.24) is 9.80 Å². The maximum atomic E-state index is 13.7. The van der Waals surface area contributed by atoms with Crippen molar-refractivity contribution in [3.8, 4) is 17.2 Å². The fourth-order valence-electron chi connectivity index (χ4n) is 5.91. The minimum atomic E-state index is -0.594. The zero-order valence-electron chi connectivity index (χ0n) is 19.9. The van der Waals surface area contributed by atoms with Gasteiger partial charge in [0.2, 0.25) is 5.91 Å². The maximum absolute atomic E-state index is 13.7. The number of likely N-dealkylation sites (tertiary alicyclic amines) is 1. The molecule has 2 heterocycles. The van der Waals surface area contributed by atoms with Crippen LogP contribution in [0.2, 0.25) is 0 Å². The summed E-state index contributed by atoms with van der Waals surface area (Å²) in [7, 11) is 0. The highest BCUT2D eigenvalue weighted by molar-refractivity contribution is 6.15. The van der Waals surface area contributed by atoms with Crippen molar-refractivity contribution >= 4 is 17.6 Å². The zero-order chi connectivity index (χ0) is 24.0. The van der Waals surface area contributed by atoms with Crippen molar-refractivity contribution in [2.75, 3.05) is 19.6 Å². The molecule has 1 spiro atoms. The second kappa shape index (κ2) is 8.64. The van der Waals surface area contributed by atoms with Gasteiger partial charge in [-0.15, -0.1) is 0 Å². The van der Waals surface area contributed by atoms with Crippen molar-refractivity contribution in [1.29, 1.82) is 5.26 Å². The molecule has 2 aromatic rings. The third-order valence-corrected chi connectivity index (χ3v) is 8.10. The van der Waals surface area contributed by atoms with Gasteiger partial charge in [0.15, 0.2) is 0 Å². The van der Waals surface area contributed by atoms with Crippen LogP contribution < -0.4 is 0 Å². The predicted molar refractivity (Wildman–Crippen MR) is 133 cm³/mol. The Morgan fingerprint density at radius 1 is 0.971 bits per heavy atom. The largest absolute Gasteiger partial charge is 0.342 e. The molecule has 1 saturated heterocycles. The Hall–Kier alpha value is -3.46. The van der Waals surface area contributed by atoms with Crippen LogP contribution in [0.3, 0.4) is 0 Å². The predicted octanol–water partition coefficient (Wildman–Crippen LogP) is 4.39. The van der Waals surface area contributed by atoms with Crippen LogP contribution in [-0.4, -0.2) is 52.6 Å². The van der Waals surface area contributed by atoms with Crippen LogP contribution in [0.1, 0.15) is 56.1 Å². The molecular weight excluding hydrogens is 436 g/mol. The van der Waals surface area contributed by atoms with Crippen molar-refractivity contribution in [2.24, 2.45) is 16.8 Å². The molecule has 3 fully saturated rings. The van der Waals surface area contributed by atoms with E-state index in [1.54, 1.807) is 0 Å². The van der Waals surface area contributed by atoms with Crippen LogP contribution in [0, 0.1) is 23.2 Å². The monoisotopic (exact) mass is 466 g/mol. The Labute approximate surface area is 206 Å². The van der Waals surface area contributed by atoms with E-state index in [-0.39, 0.29) is 11.8 Å². The van der Waals surface area contributed by atoms with Crippen LogP contribution in [-0.2, 0) is 9.59 Å². The standard InChI is InChI=1S/C29H30N4O2/c30-17-20-3-5-22(6-4-20)23-7-9-24(10-8-23)26-31-29(14-1-2-15-29)28(35)33(26)19-21-13-16-32(18-21)27(34)25-11-12-25/h3-10,21,25H,1-2,11-16,18-19H2/t21-/m1/s1. The average Bonchev–Trinajstić information content (AvgIpc) is 3.35. The highest BCUT2D eigenvalue weighted by Crippen LogP contribution is 2.41. The number of hydrogen-bond donors (Lipinski definition) is 0. The summed E-state index contributed by atoms with van der Waals surface area (Å²) in [4.78, 5) is 35.3. The first-order chi connectivity index (χ1) is 17.1. The molecule has 1 atom stereocenters. The summed E-state index contributed by atoms with van der Waals surface area (Å²) in [6, 6.07) is 18.0. The molecule has 2 aromatic carbocycles. The van der Waals surface area contributed by atoms with E-state index in [1.807, 2.05) is 34.1 Å². The van der Waals surface area contributed by atoms with Gasteiger partial charge in [-0.05, 0) is 61.3 Å². The highest BCUT2D eigenvalue weighted by Gasteiger charge is 2.50. The van der Waals surface area contributed by atoms with Gasteiger partial charge >= 0.3 is 0 Å². The second-order valence-electron chi connectivity index (χ2n) is 10.6. The molecule has 0 N–H and O–H groups in total. The molecular formula is C29H30N4O2. The summed E-state index contributed by atoms with van der Waals surface area (Å²) >= 11 is 0. The zero-order valence-corrected chi connectivity index (χ0v) is 19.9. The summed E-state index contributed by atoms with van der Waals surface area (Å²) in [6.07, 6.45) is 6.74. The van der Waals surface area contributed by atoms with Crippen LogP contribution >= 0.6 is 0 Å². The average molecular weight is 467 g/mol. The van der Waals surface area contributed by atoms with Crippen LogP contribution in [0.15, 0.2) is 53.5 Å². The lowest BCUT2D eigenvalue weighted by atomic mass is 9.97. The Kier molecular flexibility index (Phi) is 5.44. The number of rotatable bonds is 5. The summed E-state index contributed by atoms with van der Waals surface area (Å²) in [5.41, 5.74) is 3.13. The van der Waals surface area contributed by atoms with E-state index in [0.29, 0.717) is 23.9 Å². The molecule has 0 unspecified atom stereocenters. The maximum Gasteiger partial charge on any atom is 0.256 e. The second-order valence-corrected chi connectivity index (χ2v) is 10.6. The number of amidine groups is 1. The van der Waals surface area contributed by atoms with E-state index < -0.39 is 5.54 Å². The van der Waals surface area contributed by atoms with E-state index in [0.717, 1.165) is 80.6 Å². The molecule has 4 aliphatic rings. The number of benzene rings is 2. The number of hydrogen-bond acceptors (Lipinski definition) is 4. The Balaban J connectivity index is 1.24. The highest BCUT2D eigenvalue weighted by atomic mass is 16.2. The first-order valence-corrected chi connectivity index (χ1v) is 12.9. The molecule has 0 aromatic heterocycles. The van der Waals surface area contributed by atoms with Crippen LogP contribution in [0.25, 0.3) is 11.1 Å². The minimum absolute atomic E-state index is 0.146. The normalized spacial score (nSPS) is 23.1. The van der Waals surface area contributed by atoms with Gasteiger partial charge in [-0.3, -0.25) is 19.5 Å². The molecule has 178 valence electrons. The molecule has 0 radical (unpaired) electrons. The first kappa shape index (κ1) is 22.0. The van der Waals surface area contributed by atoms with Gasteiger partial charge in [0, 0.05) is 31.1 Å². The molecule has 35 heavy (non-hydrogen) atoms. The number of carbonyl (C=O) groups excluding carboxylic acids is 2. The summed E-state index contributed by atoms with van der Waals surface area (Å²) in [5.74, 6) is 1.78. The van der Waals surface area contributed by atoms with Gasteiger partial charge < -0.3 is 4.90 Å². The van der Waals surface area contributed by atoms with Gasteiger partial charge in [0.25, 0.3) is 5.91 Å². The van der Waals surface area contributed by atoms with E-state index >= 15 is 0 Å². The van der Waals surface area contributed by atoms with Gasteiger partial charge in [0.05, 0.1) is 11.6 Å². The number of amides is 2. The Bertz CT molecular complexity index is 1210. The number of aliphatic imine (C=N–C) groups is 1. The number of carbonyl (C=O) groups is 2. The molecule has 6 nitrogen and oxygen atoms in total. The summed E-state index contributed by atoms with van der Waals surface area (Å²) in [5, 5.41) is 9.05. The fourth-order valence-corrected chi connectivity index (χ4v) is 5.91. The molecule has 2 aliphatic heterocycles. The molecule has 0 bridgehead atoms. The van der Waals surface area contributed by atoms with Gasteiger partial charge in [-0.2, -0.15) is 5.26 Å². The van der Waals surface area contributed by atoms with Crippen LogP contribution in [0.4, 0.5) is 0 Å². The van der Waals surface area contributed by atoms with Crippen molar-refractivity contribution in [3.63, 3.8) is 0 Å². The lowest BCUT2D eigenvalue weighted by Crippen LogP contribution is -2.44. The minimum Gasteiger partial charge on any atom is -0.342 e. The number of nitriles is 1. The van der Waals surface area contributed by atoms with E-state index in [2.05, 4.69) is 30.3 Å². The lowest BCUT2D eigenvalue weighted by molar-refractivity contribution is -0.131. The lowest BCUT2D eigenvalue weighted by Gasteiger charge is -2.25. The molecule has 2 amide bonds. The number of nitrogens with zero attached hydrogens (tertiary/aromatic N) is 4. The van der Waals surface area contributed by atoms with Crippen molar-refractivity contribution in [2.45, 2.75) is 50.5 Å². The first-order valence-electron chi connectivity index (χ1n) is 12.9. The quantitative estimate of drug-likeness (QED) is 0.656. The third-order valence-electron chi connectivity index (χ3n) is 8.10. The van der Waals surface area contributed by atoms with Crippen molar-refractivity contribution < 1.29 is 9.59 Å². The SMILES string of the molecule is N#Cc1ccc(-c2ccc(C3=NC4(CCCC4)C(=O)N3C[C@@H]3CCN(C(=O)C4CC4)C3)cc2)cc1. The topological polar surface area (TPSA) is 76.8 Å². The molecule has 2 aliphatic carbocycles. The van der Waals surface area contributed by atoms with E-state index in [9.17, 15) is 9.59 Å². The Morgan fingerprint density at radius 3 is 2.23 bits per heavy atom. The van der Waals surface area contributed by atoms with Gasteiger partial charge in [0.1, 0.15) is 11.4 Å². The molecule has 6 heteroatoms. The fraction of sp³-hybridized carbons (Fsp3) is 0.448. The molecule has 2 saturated carbocycles. The van der Waals surface area contributed by atoms with E-state index in [1.165, 1.54) is 0 Å². The van der Waals surface area contributed by atoms with Crippen LogP contribution in [0.5, 0.6) is 0 Å². The summed E-state index contributed by atoms with van der Waals surface area (Å²) < 4.78 is 0. The smallest absolute Gasteiger partial charge is 0.256 e. The van der Waals surface area contributed by atoms with E-state index in [4.69, 9.17) is 10.3 Å². The van der Waals surface area contributed by atoms with Crippen molar-refractivity contribution in [3.05, 3.63) is 59.7 Å². The van der Waals surface area contributed by atoms with Gasteiger partial charge in [-0.1, -0.05) is 49.2 Å². The Morgan fingerprint density at radius 2 is 1.60 bits per heavy atom. The van der Waals surface area contributed by atoms with Gasteiger partial charge in [-0.25, -0.2) is 0 Å². The molecule has 6 rings (SSSR count). The third kappa shape index (κ3) is 4.03.